The Labute approximate surface area is 191 Å². The van der Waals surface area contributed by atoms with Gasteiger partial charge in [-0.15, -0.1) is 0 Å². The fourth-order valence-electron chi connectivity index (χ4n) is 4.59. The normalized spacial score (nSPS) is 21.2. The number of amides is 1. The summed E-state index contributed by atoms with van der Waals surface area (Å²) in [6, 6.07) is 15.9. The van der Waals surface area contributed by atoms with Crippen LogP contribution < -0.4 is 14.2 Å². The van der Waals surface area contributed by atoms with Crippen molar-refractivity contribution >= 4 is 5.91 Å². The Kier molecular flexibility index (Phi) is 7.53. The zero-order valence-electron chi connectivity index (χ0n) is 19.2. The molecule has 2 unspecified atom stereocenters. The molecule has 6 heteroatoms. The molecule has 2 aliphatic rings. The van der Waals surface area contributed by atoms with Gasteiger partial charge in [0.2, 0.25) is 5.91 Å². The molecule has 2 aliphatic heterocycles. The molecule has 0 bridgehead atoms. The summed E-state index contributed by atoms with van der Waals surface area (Å²) in [5.41, 5.74) is 1.19. The van der Waals surface area contributed by atoms with E-state index in [0.717, 1.165) is 62.8 Å². The summed E-state index contributed by atoms with van der Waals surface area (Å²) in [7, 11) is 1.65. The van der Waals surface area contributed by atoms with Gasteiger partial charge in [0.05, 0.1) is 13.7 Å². The van der Waals surface area contributed by atoms with E-state index in [9.17, 15) is 4.79 Å². The summed E-state index contributed by atoms with van der Waals surface area (Å²) in [5, 5.41) is 0. The summed E-state index contributed by atoms with van der Waals surface area (Å²) in [6.07, 6.45) is 2.77. The highest BCUT2D eigenvalue weighted by Gasteiger charge is 2.25. The summed E-state index contributed by atoms with van der Waals surface area (Å²) >= 11 is 0. The third-order valence-electron chi connectivity index (χ3n) is 6.25. The first kappa shape index (κ1) is 22.5. The van der Waals surface area contributed by atoms with Gasteiger partial charge in [-0.05, 0) is 38.0 Å². The summed E-state index contributed by atoms with van der Waals surface area (Å²) < 4.78 is 17.3. The number of para-hydroxylation sites is 1. The second-order valence-electron chi connectivity index (χ2n) is 8.86. The average molecular weight is 439 g/mol. The summed E-state index contributed by atoms with van der Waals surface area (Å²) in [6.45, 7) is 6.73. The van der Waals surface area contributed by atoms with Gasteiger partial charge >= 0.3 is 0 Å². The molecule has 2 aromatic carbocycles. The first-order valence-corrected chi connectivity index (χ1v) is 11.6. The smallest absolute Gasteiger partial charge is 0.223 e. The molecule has 0 saturated carbocycles. The minimum Gasteiger partial charge on any atom is -0.497 e. The molecular formula is C26H34N2O4. The number of hydrogen-bond acceptors (Lipinski definition) is 5. The average Bonchev–Trinajstić information content (AvgIpc) is 2.99. The third kappa shape index (κ3) is 5.94. The first-order valence-electron chi connectivity index (χ1n) is 11.6. The number of piperidine rings is 1. The maximum absolute atomic E-state index is 13.0. The molecule has 0 aromatic heterocycles. The van der Waals surface area contributed by atoms with Crippen LogP contribution in [0.4, 0.5) is 0 Å². The standard InChI is InChI=1S/C26H34N2O4/c1-20-16-27(18-22-8-3-4-11-25(22)32-20)14-12-26(29)28-13-6-7-21(17-28)19-31-24-10-5-9-23(15-24)30-2/h3-5,8-11,15,20-21H,6-7,12-14,16-19H2,1-2H3. The highest BCUT2D eigenvalue weighted by atomic mass is 16.5. The molecule has 32 heavy (non-hydrogen) atoms. The lowest BCUT2D eigenvalue weighted by molar-refractivity contribution is -0.133. The number of nitrogens with zero attached hydrogens (tertiary/aromatic N) is 2. The molecule has 1 saturated heterocycles. The van der Waals surface area contributed by atoms with Crippen molar-refractivity contribution in [3.63, 3.8) is 0 Å². The predicted octanol–water partition coefficient (Wildman–Crippen LogP) is 3.99. The Morgan fingerprint density at radius 2 is 1.97 bits per heavy atom. The van der Waals surface area contributed by atoms with Gasteiger partial charge in [-0.1, -0.05) is 24.3 Å². The lowest BCUT2D eigenvalue weighted by Gasteiger charge is -2.33. The molecule has 2 aromatic rings. The zero-order chi connectivity index (χ0) is 22.3. The van der Waals surface area contributed by atoms with E-state index in [0.29, 0.717) is 18.9 Å². The van der Waals surface area contributed by atoms with E-state index in [1.807, 2.05) is 47.4 Å². The van der Waals surface area contributed by atoms with Crippen LogP contribution in [0, 0.1) is 5.92 Å². The Hall–Kier alpha value is -2.73. The van der Waals surface area contributed by atoms with Crippen molar-refractivity contribution in [2.75, 3.05) is 39.9 Å². The van der Waals surface area contributed by atoms with Crippen molar-refractivity contribution in [3.05, 3.63) is 54.1 Å². The molecule has 2 atom stereocenters. The number of likely N-dealkylation sites (tertiary alicyclic amines) is 1. The van der Waals surface area contributed by atoms with Gasteiger partial charge in [0.1, 0.15) is 23.4 Å². The van der Waals surface area contributed by atoms with Crippen molar-refractivity contribution in [3.8, 4) is 17.2 Å². The number of benzene rings is 2. The molecule has 0 aliphatic carbocycles. The van der Waals surface area contributed by atoms with Crippen molar-refractivity contribution < 1.29 is 19.0 Å². The van der Waals surface area contributed by atoms with Crippen LogP contribution in [0.15, 0.2) is 48.5 Å². The van der Waals surface area contributed by atoms with E-state index >= 15 is 0 Å². The first-order chi connectivity index (χ1) is 15.6. The monoisotopic (exact) mass is 438 g/mol. The maximum atomic E-state index is 13.0. The molecule has 1 fully saturated rings. The molecule has 0 N–H and O–H groups in total. The zero-order valence-corrected chi connectivity index (χ0v) is 19.2. The van der Waals surface area contributed by atoms with Crippen LogP contribution in [-0.4, -0.2) is 61.7 Å². The van der Waals surface area contributed by atoms with Crippen LogP contribution in [0.5, 0.6) is 17.2 Å². The predicted molar refractivity (Wildman–Crippen MR) is 124 cm³/mol. The Balaban J connectivity index is 1.26. The molecule has 172 valence electrons. The van der Waals surface area contributed by atoms with Crippen LogP contribution in [0.3, 0.4) is 0 Å². The van der Waals surface area contributed by atoms with Crippen molar-refractivity contribution in [1.82, 2.24) is 9.80 Å². The van der Waals surface area contributed by atoms with Gasteiger partial charge in [-0.25, -0.2) is 0 Å². The van der Waals surface area contributed by atoms with Gasteiger partial charge in [-0.2, -0.15) is 0 Å². The van der Waals surface area contributed by atoms with Gasteiger partial charge in [0, 0.05) is 56.7 Å². The molecule has 0 spiro atoms. The number of ether oxygens (including phenoxy) is 3. The largest absolute Gasteiger partial charge is 0.497 e. The highest BCUT2D eigenvalue weighted by Crippen LogP contribution is 2.25. The molecule has 2 heterocycles. The SMILES string of the molecule is COc1cccc(OCC2CCCN(C(=O)CCN3Cc4ccccc4OC(C)C3)C2)c1. The molecule has 0 radical (unpaired) electrons. The summed E-state index contributed by atoms with van der Waals surface area (Å²) in [5.74, 6) is 3.16. The lowest BCUT2D eigenvalue weighted by Crippen LogP contribution is -2.43. The van der Waals surface area contributed by atoms with Crippen LogP contribution in [-0.2, 0) is 11.3 Å². The highest BCUT2D eigenvalue weighted by molar-refractivity contribution is 5.76. The summed E-state index contributed by atoms with van der Waals surface area (Å²) in [4.78, 5) is 17.3. The Bertz CT molecular complexity index is 903. The van der Waals surface area contributed by atoms with Crippen LogP contribution in [0.25, 0.3) is 0 Å². The van der Waals surface area contributed by atoms with Gasteiger partial charge < -0.3 is 19.1 Å². The van der Waals surface area contributed by atoms with E-state index in [1.165, 1.54) is 5.56 Å². The fourth-order valence-corrected chi connectivity index (χ4v) is 4.59. The minimum absolute atomic E-state index is 0.113. The number of hydrogen-bond donors (Lipinski definition) is 0. The third-order valence-corrected chi connectivity index (χ3v) is 6.25. The van der Waals surface area contributed by atoms with Crippen molar-refractivity contribution in [1.29, 1.82) is 0 Å². The van der Waals surface area contributed by atoms with E-state index in [1.54, 1.807) is 7.11 Å². The number of methoxy groups -OCH3 is 1. The molecule has 6 nitrogen and oxygen atoms in total. The topological polar surface area (TPSA) is 51.2 Å². The van der Waals surface area contributed by atoms with Gasteiger partial charge in [0.25, 0.3) is 0 Å². The van der Waals surface area contributed by atoms with Crippen LogP contribution in [0.2, 0.25) is 0 Å². The van der Waals surface area contributed by atoms with Crippen molar-refractivity contribution in [2.24, 2.45) is 5.92 Å². The second kappa shape index (κ2) is 10.7. The van der Waals surface area contributed by atoms with E-state index in [-0.39, 0.29) is 12.0 Å². The van der Waals surface area contributed by atoms with Crippen molar-refractivity contribution in [2.45, 2.75) is 38.8 Å². The molecule has 4 rings (SSSR count). The van der Waals surface area contributed by atoms with Crippen LogP contribution >= 0.6 is 0 Å². The Morgan fingerprint density at radius 3 is 2.84 bits per heavy atom. The molecular weight excluding hydrogens is 404 g/mol. The Morgan fingerprint density at radius 1 is 1.12 bits per heavy atom. The van der Waals surface area contributed by atoms with E-state index in [4.69, 9.17) is 14.2 Å². The van der Waals surface area contributed by atoms with E-state index in [2.05, 4.69) is 17.9 Å². The fraction of sp³-hybridized carbons (Fsp3) is 0.500. The van der Waals surface area contributed by atoms with E-state index < -0.39 is 0 Å². The maximum Gasteiger partial charge on any atom is 0.223 e. The van der Waals surface area contributed by atoms with Gasteiger partial charge in [0.15, 0.2) is 0 Å². The number of fused-ring (bicyclic) bond motifs is 1. The molecule has 1 amide bonds. The van der Waals surface area contributed by atoms with Gasteiger partial charge in [-0.3, -0.25) is 9.69 Å². The number of carbonyl (C=O) groups excluding carboxylic acids is 1. The van der Waals surface area contributed by atoms with Crippen LogP contribution in [0.1, 0.15) is 31.7 Å². The number of rotatable bonds is 7. The quantitative estimate of drug-likeness (QED) is 0.654. The number of carbonyl (C=O) groups is 1. The lowest BCUT2D eigenvalue weighted by atomic mass is 9.98. The minimum atomic E-state index is 0.113. The second-order valence-corrected chi connectivity index (χ2v) is 8.86.